The summed E-state index contributed by atoms with van der Waals surface area (Å²) < 4.78 is 118. The minimum absolute atomic E-state index is 0.142. The smallest absolute Gasteiger partial charge is 0.266 e. The van der Waals surface area contributed by atoms with Gasteiger partial charge in [0.1, 0.15) is 0 Å². The lowest BCUT2D eigenvalue weighted by Crippen LogP contribution is -2.31. The van der Waals surface area contributed by atoms with Crippen LogP contribution in [0.2, 0.25) is 0 Å². The van der Waals surface area contributed by atoms with Crippen molar-refractivity contribution in [2.24, 2.45) is 4.99 Å². The molecule has 0 saturated heterocycles. The first-order valence-electron chi connectivity index (χ1n) is 10.3. The number of hydrogen-bond donors (Lipinski definition) is 4. The predicted octanol–water partition coefficient (Wildman–Crippen LogP) is 0.556. The average Bonchev–Trinajstić information content (AvgIpc) is 2.93. The molecule has 1 heterocycles. The van der Waals surface area contributed by atoms with Gasteiger partial charge in [-0.15, -0.1) is 0 Å². The lowest BCUT2D eigenvalue weighted by atomic mass is 9.80. The van der Waals surface area contributed by atoms with Gasteiger partial charge in [0, 0.05) is 29.6 Å². The molecule has 0 unspecified atom stereocenters. The van der Waals surface area contributed by atoms with E-state index < -0.39 is 80.1 Å². The van der Waals surface area contributed by atoms with E-state index in [1.54, 1.807) is 13.0 Å². The molecule has 0 spiro atoms. The summed E-state index contributed by atoms with van der Waals surface area (Å²) in [5, 5.41) is 0.397. The van der Waals surface area contributed by atoms with Crippen LogP contribution in [0.4, 0.5) is 5.69 Å². The standard InChI is InChI=1S/C19H25N3O10S4/c1-12-19(2,3)18-15-10-13(35(29,30)20-6-8-33(23,24)25)11-17(14(15)4-5-16(18)22-12)36(31,32)21-7-9-34(26,27)28/h4-5,10-11,20-21H,6-9H2,1-3H3,(H,23,24,25)(H,26,27,28). The van der Waals surface area contributed by atoms with E-state index >= 15 is 0 Å². The Balaban J connectivity index is 2.22. The van der Waals surface area contributed by atoms with E-state index in [0.29, 0.717) is 17.0 Å². The van der Waals surface area contributed by atoms with Gasteiger partial charge in [-0.3, -0.25) is 14.1 Å². The Labute approximate surface area is 209 Å². The molecule has 0 radical (unpaired) electrons. The molecule has 17 heteroatoms. The van der Waals surface area contributed by atoms with E-state index in [2.05, 4.69) is 4.99 Å². The molecule has 0 fully saturated rings. The maximum absolute atomic E-state index is 13.1. The summed E-state index contributed by atoms with van der Waals surface area (Å²) in [4.78, 5) is 3.51. The summed E-state index contributed by atoms with van der Waals surface area (Å²) in [6, 6.07) is 5.14. The topological polar surface area (TPSA) is 213 Å². The van der Waals surface area contributed by atoms with Gasteiger partial charge < -0.3 is 0 Å². The summed E-state index contributed by atoms with van der Waals surface area (Å²) in [6.45, 7) is 4.10. The Bertz CT molecular complexity index is 1690. The highest BCUT2D eigenvalue weighted by molar-refractivity contribution is 7.90. The van der Waals surface area contributed by atoms with Gasteiger partial charge >= 0.3 is 0 Å². The number of sulfonamides is 2. The Morgan fingerprint density at radius 3 is 1.86 bits per heavy atom. The minimum Gasteiger partial charge on any atom is -0.286 e. The van der Waals surface area contributed by atoms with Crippen molar-refractivity contribution in [2.45, 2.75) is 36.0 Å². The van der Waals surface area contributed by atoms with Crippen molar-refractivity contribution < 1.29 is 42.8 Å². The lowest BCUT2D eigenvalue weighted by molar-refractivity contribution is 0.480. The third kappa shape index (κ3) is 6.10. The Morgan fingerprint density at radius 1 is 0.806 bits per heavy atom. The molecule has 0 aromatic heterocycles. The largest absolute Gasteiger partial charge is 0.286 e. The molecule has 0 aliphatic carbocycles. The molecule has 4 N–H and O–H groups in total. The third-order valence-electron chi connectivity index (χ3n) is 5.77. The number of hydrogen-bond acceptors (Lipinski definition) is 9. The molecule has 1 aliphatic rings. The second kappa shape index (κ2) is 9.39. The molecule has 0 saturated carbocycles. The van der Waals surface area contributed by atoms with E-state index in [9.17, 15) is 33.7 Å². The molecule has 2 aromatic carbocycles. The van der Waals surface area contributed by atoms with Gasteiger partial charge in [0.05, 0.1) is 27.0 Å². The van der Waals surface area contributed by atoms with Gasteiger partial charge in [-0.2, -0.15) is 16.8 Å². The maximum atomic E-state index is 13.1. The van der Waals surface area contributed by atoms with Crippen LogP contribution in [0.5, 0.6) is 0 Å². The van der Waals surface area contributed by atoms with Crippen LogP contribution in [0.3, 0.4) is 0 Å². The van der Waals surface area contributed by atoms with Crippen LogP contribution in [-0.4, -0.2) is 73.1 Å². The van der Waals surface area contributed by atoms with E-state index in [0.717, 1.165) is 6.07 Å². The summed E-state index contributed by atoms with van der Waals surface area (Å²) in [5.74, 6) is -1.81. The number of rotatable bonds is 10. The van der Waals surface area contributed by atoms with E-state index in [1.165, 1.54) is 12.1 Å². The number of nitrogens with one attached hydrogen (secondary N) is 2. The Hall–Kier alpha value is -1.99. The fourth-order valence-corrected chi connectivity index (χ4v) is 7.18. The van der Waals surface area contributed by atoms with Crippen molar-refractivity contribution in [1.29, 1.82) is 0 Å². The molecule has 3 rings (SSSR count). The van der Waals surface area contributed by atoms with E-state index in [4.69, 9.17) is 9.11 Å². The van der Waals surface area contributed by atoms with Crippen molar-refractivity contribution in [1.82, 2.24) is 9.44 Å². The van der Waals surface area contributed by atoms with Gasteiger partial charge in [0.15, 0.2) is 0 Å². The van der Waals surface area contributed by atoms with Crippen molar-refractivity contribution in [2.75, 3.05) is 24.6 Å². The fourth-order valence-electron chi connectivity index (χ4n) is 3.76. The second-order valence-corrected chi connectivity index (χ2v) is 15.3. The molecule has 0 amide bonds. The highest BCUT2D eigenvalue weighted by Crippen LogP contribution is 2.45. The highest BCUT2D eigenvalue weighted by Gasteiger charge is 2.35. The normalized spacial score (nSPS) is 16.2. The van der Waals surface area contributed by atoms with E-state index in [-0.39, 0.29) is 10.8 Å². The Kier molecular flexibility index (Phi) is 7.46. The van der Waals surface area contributed by atoms with Crippen molar-refractivity contribution in [3.63, 3.8) is 0 Å². The molecule has 0 atom stereocenters. The number of fused-ring (bicyclic) bond motifs is 3. The maximum Gasteiger partial charge on any atom is 0.266 e. The van der Waals surface area contributed by atoms with Crippen LogP contribution >= 0.6 is 0 Å². The van der Waals surface area contributed by atoms with Gasteiger partial charge in [-0.25, -0.2) is 26.3 Å². The SMILES string of the molecule is CC1=Nc2ccc3c(S(=O)(=O)NCCS(=O)(=O)O)cc(S(=O)(=O)NCCS(=O)(=O)O)cc3c2C1(C)C. The monoisotopic (exact) mass is 583 g/mol. The molecule has 13 nitrogen and oxygen atoms in total. The molecule has 2 aromatic rings. The summed E-state index contributed by atoms with van der Waals surface area (Å²) >= 11 is 0. The number of nitrogens with zero attached hydrogens (tertiary/aromatic N) is 1. The first kappa shape index (κ1) is 28.6. The molecule has 36 heavy (non-hydrogen) atoms. The van der Waals surface area contributed by atoms with Crippen LogP contribution in [0, 0.1) is 0 Å². The third-order valence-corrected chi connectivity index (χ3v) is 10.2. The van der Waals surface area contributed by atoms with E-state index in [1.807, 2.05) is 23.3 Å². The molecular formula is C19H25N3O10S4. The van der Waals surface area contributed by atoms with Crippen LogP contribution in [0.1, 0.15) is 26.3 Å². The van der Waals surface area contributed by atoms with Crippen LogP contribution in [0.15, 0.2) is 39.0 Å². The lowest BCUT2D eigenvalue weighted by Gasteiger charge is -2.23. The average molecular weight is 584 g/mol. The molecule has 1 aliphatic heterocycles. The van der Waals surface area contributed by atoms with Gasteiger partial charge in [-0.05, 0) is 36.1 Å². The first-order chi connectivity index (χ1) is 16.2. The summed E-state index contributed by atoms with van der Waals surface area (Å²) in [5.41, 5.74) is 1.11. The van der Waals surface area contributed by atoms with Gasteiger partial charge in [0.2, 0.25) is 20.0 Å². The van der Waals surface area contributed by atoms with Crippen molar-refractivity contribution in [3.05, 3.63) is 29.8 Å². The summed E-state index contributed by atoms with van der Waals surface area (Å²) in [6.07, 6.45) is 0. The molecule has 200 valence electrons. The van der Waals surface area contributed by atoms with Crippen molar-refractivity contribution in [3.8, 4) is 0 Å². The highest BCUT2D eigenvalue weighted by atomic mass is 32.2. The molecular weight excluding hydrogens is 558 g/mol. The van der Waals surface area contributed by atoms with Crippen LogP contribution in [0.25, 0.3) is 10.8 Å². The number of aliphatic imine (C=N–C) groups is 1. The zero-order valence-electron chi connectivity index (χ0n) is 19.4. The summed E-state index contributed by atoms with van der Waals surface area (Å²) in [7, 11) is -17.9. The molecule has 0 bridgehead atoms. The fraction of sp³-hybridized carbons (Fsp3) is 0.421. The number of benzene rings is 2. The minimum atomic E-state index is -4.50. The van der Waals surface area contributed by atoms with Crippen LogP contribution < -0.4 is 9.44 Å². The quantitative estimate of drug-likeness (QED) is 0.285. The van der Waals surface area contributed by atoms with Crippen LogP contribution in [-0.2, 0) is 45.7 Å². The predicted molar refractivity (Wildman–Crippen MR) is 133 cm³/mol. The zero-order chi connectivity index (χ0) is 27.3. The van der Waals surface area contributed by atoms with Crippen molar-refractivity contribution >= 4 is 62.5 Å². The second-order valence-electron chi connectivity index (χ2n) is 8.67. The van der Waals surface area contributed by atoms with Gasteiger partial charge in [-0.1, -0.05) is 19.9 Å². The zero-order valence-corrected chi connectivity index (χ0v) is 22.6. The first-order valence-corrected chi connectivity index (χ1v) is 16.5. The van der Waals surface area contributed by atoms with Gasteiger partial charge in [0.25, 0.3) is 20.2 Å². The Morgan fingerprint density at radius 2 is 1.33 bits per heavy atom.